The number of hydrogen-bond acceptors (Lipinski definition) is 4. The largest absolute Gasteiger partial charge is 0.491 e. The van der Waals surface area contributed by atoms with Gasteiger partial charge < -0.3 is 20.6 Å². The highest BCUT2D eigenvalue weighted by Crippen LogP contribution is 2.23. The molecular formula is C12H19N3O2. The molecule has 5 heteroatoms. The Morgan fingerprint density at radius 2 is 2.18 bits per heavy atom. The molecule has 0 aliphatic heterocycles. The van der Waals surface area contributed by atoms with E-state index in [1.165, 1.54) is 0 Å². The molecule has 0 atom stereocenters. The summed E-state index contributed by atoms with van der Waals surface area (Å²) in [7, 11) is 3.96. The summed E-state index contributed by atoms with van der Waals surface area (Å²) in [6.07, 6.45) is 0. The zero-order valence-corrected chi connectivity index (χ0v) is 10.5. The molecule has 0 bridgehead atoms. The third kappa shape index (κ3) is 3.64. The summed E-state index contributed by atoms with van der Waals surface area (Å²) >= 11 is 0. The molecule has 0 spiro atoms. The molecule has 0 aliphatic carbocycles. The Hall–Kier alpha value is -1.75. The Kier molecular flexibility index (Phi) is 4.78. The van der Waals surface area contributed by atoms with Crippen molar-refractivity contribution in [2.24, 2.45) is 10.9 Å². The highest BCUT2D eigenvalue weighted by Gasteiger charge is 2.10. The van der Waals surface area contributed by atoms with Gasteiger partial charge in [-0.2, -0.15) is 0 Å². The van der Waals surface area contributed by atoms with Gasteiger partial charge in [-0.05, 0) is 32.6 Å². The number of likely N-dealkylation sites (N-methyl/N-ethyl adjacent to an activating group) is 1. The fourth-order valence-corrected chi connectivity index (χ4v) is 1.43. The number of hydrogen-bond donors (Lipinski definition) is 2. The third-order valence-corrected chi connectivity index (χ3v) is 2.38. The average Bonchev–Trinajstić information content (AvgIpc) is 2.29. The molecule has 3 N–H and O–H groups in total. The first kappa shape index (κ1) is 13.3. The third-order valence-electron chi connectivity index (χ3n) is 2.38. The van der Waals surface area contributed by atoms with E-state index in [-0.39, 0.29) is 5.84 Å². The monoisotopic (exact) mass is 237 g/mol. The molecule has 1 aromatic carbocycles. The minimum atomic E-state index is 0.0635. The molecule has 0 aliphatic rings. The van der Waals surface area contributed by atoms with Gasteiger partial charge in [0.15, 0.2) is 5.84 Å². The average molecular weight is 237 g/mol. The molecule has 1 rings (SSSR count). The van der Waals surface area contributed by atoms with Crippen molar-refractivity contribution in [1.82, 2.24) is 4.90 Å². The standard InChI is InChI=1S/C12H19N3O2/c1-9-5-4-6-10(12(13)14-16)11(9)17-8-7-15(2)3/h4-6,16H,7-8H2,1-3H3,(H2,13,14). The van der Waals surface area contributed by atoms with E-state index in [2.05, 4.69) is 5.16 Å². The quantitative estimate of drug-likeness (QED) is 0.347. The lowest BCUT2D eigenvalue weighted by molar-refractivity contribution is 0.259. The molecular weight excluding hydrogens is 218 g/mol. The second-order valence-electron chi connectivity index (χ2n) is 4.09. The Labute approximate surface area is 101 Å². The van der Waals surface area contributed by atoms with Crippen molar-refractivity contribution in [3.8, 4) is 5.75 Å². The van der Waals surface area contributed by atoms with Gasteiger partial charge in [0.2, 0.25) is 0 Å². The lowest BCUT2D eigenvalue weighted by atomic mass is 10.1. The molecule has 0 aromatic heterocycles. The summed E-state index contributed by atoms with van der Waals surface area (Å²) in [6, 6.07) is 5.55. The summed E-state index contributed by atoms with van der Waals surface area (Å²) in [5, 5.41) is 11.7. The number of nitrogens with two attached hydrogens (primary N) is 1. The van der Waals surface area contributed by atoms with Crippen molar-refractivity contribution in [2.75, 3.05) is 27.2 Å². The molecule has 5 nitrogen and oxygen atoms in total. The van der Waals surface area contributed by atoms with Crippen LogP contribution in [0.1, 0.15) is 11.1 Å². The number of nitrogens with zero attached hydrogens (tertiary/aromatic N) is 2. The van der Waals surface area contributed by atoms with E-state index in [0.29, 0.717) is 17.9 Å². The van der Waals surface area contributed by atoms with Crippen LogP contribution in [0, 0.1) is 6.92 Å². The molecule has 0 fully saturated rings. The highest BCUT2D eigenvalue weighted by molar-refractivity contribution is 5.99. The highest BCUT2D eigenvalue weighted by atomic mass is 16.5. The fraction of sp³-hybridized carbons (Fsp3) is 0.417. The normalized spacial score (nSPS) is 11.9. The maximum absolute atomic E-state index is 8.72. The van der Waals surface area contributed by atoms with E-state index in [1.807, 2.05) is 38.1 Å². The zero-order chi connectivity index (χ0) is 12.8. The van der Waals surface area contributed by atoms with Crippen LogP contribution < -0.4 is 10.5 Å². The van der Waals surface area contributed by atoms with E-state index >= 15 is 0 Å². The molecule has 0 unspecified atom stereocenters. The summed E-state index contributed by atoms with van der Waals surface area (Å²) in [4.78, 5) is 2.03. The van der Waals surface area contributed by atoms with Gasteiger partial charge in [0.05, 0.1) is 5.56 Å². The van der Waals surface area contributed by atoms with Gasteiger partial charge in [-0.25, -0.2) is 0 Å². The number of ether oxygens (including phenoxy) is 1. The fourth-order valence-electron chi connectivity index (χ4n) is 1.43. The summed E-state index contributed by atoms with van der Waals surface area (Å²) < 4.78 is 5.69. The maximum Gasteiger partial charge on any atom is 0.173 e. The van der Waals surface area contributed by atoms with Crippen LogP contribution in [0.2, 0.25) is 0 Å². The van der Waals surface area contributed by atoms with E-state index in [9.17, 15) is 0 Å². The smallest absolute Gasteiger partial charge is 0.173 e. The van der Waals surface area contributed by atoms with Crippen LogP contribution in [0.3, 0.4) is 0 Å². The number of oxime groups is 1. The van der Waals surface area contributed by atoms with Gasteiger partial charge in [0, 0.05) is 6.54 Å². The van der Waals surface area contributed by atoms with Gasteiger partial charge in [0.25, 0.3) is 0 Å². The van der Waals surface area contributed by atoms with Crippen molar-refractivity contribution in [3.63, 3.8) is 0 Å². The number of rotatable bonds is 5. The minimum absolute atomic E-state index is 0.0635. The van der Waals surface area contributed by atoms with Crippen LogP contribution in [0.5, 0.6) is 5.75 Å². The summed E-state index contributed by atoms with van der Waals surface area (Å²) in [5.41, 5.74) is 7.19. The van der Waals surface area contributed by atoms with E-state index < -0.39 is 0 Å². The Bertz CT molecular complexity index is 403. The van der Waals surface area contributed by atoms with Crippen molar-refractivity contribution in [1.29, 1.82) is 0 Å². The van der Waals surface area contributed by atoms with E-state index in [0.717, 1.165) is 12.1 Å². The topological polar surface area (TPSA) is 71.1 Å². The molecule has 17 heavy (non-hydrogen) atoms. The van der Waals surface area contributed by atoms with Gasteiger partial charge in [-0.1, -0.05) is 17.3 Å². The first-order valence-corrected chi connectivity index (χ1v) is 5.41. The molecule has 0 radical (unpaired) electrons. The predicted octanol–water partition coefficient (Wildman–Crippen LogP) is 1.03. The first-order valence-electron chi connectivity index (χ1n) is 5.41. The number of amidine groups is 1. The van der Waals surface area contributed by atoms with Crippen LogP contribution in [-0.4, -0.2) is 43.2 Å². The Morgan fingerprint density at radius 1 is 1.47 bits per heavy atom. The lowest BCUT2D eigenvalue weighted by Crippen LogP contribution is -2.21. The molecule has 0 saturated carbocycles. The van der Waals surface area contributed by atoms with Crippen LogP contribution in [-0.2, 0) is 0 Å². The summed E-state index contributed by atoms with van der Waals surface area (Å²) in [5.74, 6) is 0.734. The minimum Gasteiger partial charge on any atom is -0.491 e. The predicted molar refractivity (Wildman–Crippen MR) is 67.7 cm³/mol. The van der Waals surface area contributed by atoms with Gasteiger partial charge in [0.1, 0.15) is 12.4 Å². The van der Waals surface area contributed by atoms with Crippen LogP contribution >= 0.6 is 0 Å². The molecule has 1 aromatic rings. The Balaban J connectivity index is 2.88. The number of benzene rings is 1. The second kappa shape index (κ2) is 6.10. The molecule has 94 valence electrons. The summed E-state index contributed by atoms with van der Waals surface area (Å²) in [6.45, 7) is 3.30. The van der Waals surface area contributed by atoms with Gasteiger partial charge >= 0.3 is 0 Å². The number of aryl methyl sites for hydroxylation is 1. The Morgan fingerprint density at radius 3 is 2.76 bits per heavy atom. The van der Waals surface area contributed by atoms with Crippen LogP contribution in [0.4, 0.5) is 0 Å². The molecule has 0 saturated heterocycles. The van der Waals surface area contributed by atoms with Gasteiger partial charge in [-0.15, -0.1) is 0 Å². The second-order valence-corrected chi connectivity index (χ2v) is 4.09. The van der Waals surface area contributed by atoms with Crippen molar-refractivity contribution >= 4 is 5.84 Å². The maximum atomic E-state index is 8.72. The van der Waals surface area contributed by atoms with Crippen molar-refractivity contribution < 1.29 is 9.94 Å². The zero-order valence-electron chi connectivity index (χ0n) is 10.5. The van der Waals surface area contributed by atoms with E-state index in [1.54, 1.807) is 6.07 Å². The SMILES string of the molecule is Cc1cccc(/C(N)=N/O)c1OCCN(C)C. The van der Waals surface area contributed by atoms with Gasteiger partial charge in [-0.3, -0.25) is 0 Å². The lowest BCUT2D eigenvalue weighted by Gasteiger charge is -2.15. The molecule has 0 amide bonds. The van der Waals surface area contributed by atoms with E-state index in [4.69, 9.17) is 15.7 Å². The number of para-hydroxylation sites is 1. The van der Waals surface area contributed by atoms with Crippen LogP contribution in [0.25, 0.3) is 0 Å². The van der Waals surface area contributed by atoms with Crippen molar-refractivity contribution in [3.05, 3.63) is 29.3 Å². The first-order chi connectivity index (χ1) is 8.06. The molecule has 0 heterocycles. The van der Waals surface area contributed by atoms with Crippen LogP contribution in [0.15, 0.2) is 23.4 Å². The van der Waals surface area contributed by atoms with Crippen molar-refractivity contribution in [2.45, 2.75) is 6.92 Å².